The predicted octanol–water partition coefficient (Wildman–Crippen LogP) is 2.66. The van der Waals surface area contributed by atoms with Gasteiger partial charge in [0.25, 0.3) is 0 Å². The second-order valence-corrected chi connectivity index (χ2v) is 7.52. The van der Waals surface area contributed by atoms with Gasteiger partial charge < -0.3 is 15.0 Å². The van der Waals surface area contributed by atoms with E-state index in [1.807, 2.05) is 4.90 Å². The number of carbonyl (C=O) groups excluding carboxylic acids is 2. The standard InChI is InChI=1S/C20H25FN4O3/c1-13-11-24(8-6-15(13)5-7-22)19-4-3-16(9-18(19)21)25-12-17(28-20(25)27)10-23-14(2)26/h3-4,9,13,15,17H,5-6,8,10-12H2,1-2H3,(H,23,26)/t13-,15-,17+/m1/s1. The Balaban J connectivity index is 1.67. The number of hydrogen-bond acceptors (Lipinski definition) is 5. The lowest BCUT2D eigenvalue weighted by atomic mass is 9.84. The van der Waals surface area contributed by atoms with Crippen molar-refractivity contribution in [1.82, 2.24) is 5.32 Å². The summed E-state index contributed by atoms with van der Waals surface area (Å²) in [6.45, 7) is 5.38. The Morgan fingerprint density at radius 2 is 2.21 bits per heavy atom. The lowest BCUT2D eigenvalue weighted by Gasteiger charge is -2.37. The largest absolute Gasteiger partial charge is 0.442 e. The first-order valence-electron chi connectivity index (χ1n) is 9.53. The van der Waals surface area contributed by atoms with E-state index in [0.717, 1.165) is 6.42 Å². The molecule has 2 saturated heterocycles. The number of ether oxygens (including phenoxy) is 1. The Bertz CT molecular complexity index is 794. The maximum atomic E-state index is 14.8. The first kappa shape index (κ1) is 19.9. The van der Waals surface area contributed by atoms with Crippen LogP contribution in [-0.4, -0.2) is 44.3 Å². The van der Waals surface area contributed by atoms with Crippen molar-refractivity contribution in [2.75, 3.05) is 36.0 Å². The van der Waals surface area contributed by atoms with Crippen LogP contribution in [0.3, 0.4) is 0 Å². The number of nitriles is 1. The van der Waals surface area contributed by atoms with Gasteiger partial charge in [0.05, 0.1) is 30.5 Å². The number of anilines is 2. The topological polar surface area (TPSA) is 85.7 Å². The Hall–Kier alpha value is -2.82. The molecule has 8 heteroatoms. The lowest BCUT2D eigenvalue weighted by molar-refractivity contribution is -0.119. The zero-order chi connectivity index (χ0) is 20.3. The summed E-state index contributed by atoms with van der Waals surface area (Å²) in [4.78, 5) is 26.5. The molecule has 1 aromatic rings. The molecule has 1 aromatic carbocycles. The molecule has 7 nitrogen and oxygen atoms in total. The highest BCUT2D eigenvalue weighted by atomic mass is 19.1. The van der Waals surface area contributed by atoms with Gasteiger partial charge >= 0.3 is 6.09 Å². The molecule has 0 radical (unpaired) electrons. The third kappa shape index (κ3) is 4.35. The number of nitrogens with one attached hydrogen (secondary N) is 1. The molecule has 150 valence electrons. The molecule has 0 aliphatic carbocycles. The van der Waals surface area contributed by atoms with Gasteiger partial charge in [0, 0.05) is 26.4 Å². The van der Waals surface area contributed by atoms with Gasteiger partial charge in [-0.15, -0.1) is 0 Å². The number of nitrogens with zero attached hydrogens (tertiary/aromatic N) is 3. The molecule has 2 aliphatic heterocycles. The number of rotatable bonds is 5. The van der Waals surface area contributed by atoms with Crippen molar-refractivity contribution in [2.24, 2.45) is 11.8 Å². The normalized spacial score (nSPS) is 24.6. The van der Waals surface area contributed by atoms with Crippen LogP contribution in [0.25, 0.3) is 0 Å². The van der Waals surface area contributed by atoms with Crippen molar-refractivity contribution in [2.45, 2.75) is 32.8 Å². The van der Waals surface area contributed by atoms with Gasteiger partial charge in [0.1, 0.15) is 11.9 Å². The molecule has 28 heavy (non-hydrogen) atoms. The fourth-order valence-corrected chi connectivity index (χ4v) is 3.85. The molecular formula is C20H25FN4O3. The summed E-state index contributed by atoms with van der Waals surface area (Å²) in [5, 5.41) is 11.5. The maximum Gasteiger partial charge on any atom is 0.414 e. The van der Waals surface area contributed by atoms with Gasteiger partial charge in [-0.3, -0.25) is 9.69 Å². The average Bonchev–Trinajstić information content (AvgIpc) is 3.02. The highest BCUT2D eigenvalue weighted by Crippen LogP contribution is 2.33. The summed E-state index contributed by atoms with van der Waals surface area (Å²) < 4.78 is 20.0. The highest BCUT2D eigenvalue weighted by molar-refractivity contribution is 5.90. The Kier molecular flexibility index (Phi) is 6.02. The van der Waals surface area contributed by atoms with Crippen molar-refractivity contribution < 1.29 is 18.7 Å². The van der Waals surface area contributed by atoms with Crippen molar-refractivity contribution in [3.8, 4) is 6.07 Å². The quantitative estimate of drug-likeness (QED) is 0.838. The summed E-state index contributed by atoms with van der Waals surface area (Å²) >= 11 is 0. The van der Waals surface area contributed by atoms with Crippen LogP contribution in [0.2, 0.25) is 0 Å². The molecule has 0 aromatic heterocycles. The summed E-state index contributed by atoms with van der Waals surface area (Å²) in [5.41, 5.74) is 0.942. The van der Waals surface area contributed by atoms with Crippen LogP contribution in [0.1, 0.15) is 26.7 Å². The highest BCUT2D eigenvalue weighted by Gasteiger charge is 2.33. The van der Waals surface area contributed by atoms with Crippen LogP contribution in [0, 0.1) is 29.0 Å². The molecule has 0 unspecified atom stereocenters. The predicted molar refractivity (Wildman–Crippen MR) is 102 cm³/mol. The first-order chi connectivity index (χ1) is 13.4. The van der Waals surface area contributed by atoms with Crippen LogP contribution in [-0.2, 0) is 9.53 Å². The fraction of sp³-hybridized carbons (Fsp3) is 0.550. The maximum absolute atomic E-state index is 14.8. The van der Waals surface area contributed by atoms with Crippen molar-refractivity contribution in [1.29, 1.82) is 5.26 Å². The van der Waals surface area contributed by atoms with Crippen molar-refractivity contribution in [3.63, 3.8) is 0 Å². The van der Waals surface area contributed by atoms with E-state index in [-0.39, 0.29) is 24.8 Å². The smallest absolute Gasteiger partial charge is 0.414 e. The molecule has 2 amide bonds. The van der Waals surface area contributed by atoms with Crippen molar-refractivity contribution >= 4 is 23.4 Å². The van der Waals surface area contributed by atoms with Gasteiger partial charge in [-0.25, -0.2) is 9.18 Å². The average molecular weight is 388 g/mol. The fourth-order valence-electron chi connectivity index (χ4n) is 3.85. The molecule has 0 saturated carbocycles. The number of hydrogen-bond donors (Lipinski definition) is 1. The first-order valence-corrected chi connectivity index (χ1v) is 9.53. The number of benzene rings is 1. The van der Waals surface area contributed by atoms with E-state index in [0.29, 0.717) is 42.7 Å². The van der Waals surface area contributed by atoms with Crippen LogP contribution >= 0.6 is 0 Å². The van der Waals surface area contributed by atoms with E-state index >= 15 is 0 Å². The SMILES string of the molecule is CC(=O)NC[C@H]1CN(c2ccc(N3CC[C@@H](CC#N)[C@H](C)C3)c(F)c2)C(=O)O1. The summed E-state index contributed by atoms with van der Waals surface area (Å²) in [7, 11) is 0. The van der Waals surface area contributed by atoms with Gasteiger partial charge in [-0.1, -0.05) is 6.92 Å². The molecule has 2 fully saturated rings. The van der Waals surface area contributed by atoms with E-state index in [9.17, 15) is 14.0 Å². The van der Waals surface area contributed by atoms with Crippen LogP contribution in [0.5, 0.6) is 0 Å². The Morgan fingerprint density at radius 3 is 2.86 bits per heavy atom. The second kappa shape index (κ2) is 8.46. The monoisotopic (exact) mass is 388 g/mol. The zero-order valence-corrected chi connectivity index (χ0v) is 16.2. The molecular weight excluding hydrogens is 363 g/mol. The minimum Gasteiger partial charge on any atom is -0.442 e. The summed E-state index contributed by atoms with van der Waals surface area (Å²) in [5.74, 6) is 0.0817. The van der Waals surface area contributed by atoms with E-state index in [2.05, 4.69) is 18.3 Å². The molecule has 2 aliphatic rings. The number of cyclic esters (lactones) is 1. The lowest BCUT2D eigenvalue weighted by Crippen LogP contribution is -2.39. The third-order valence-electron chi connectivity index (χ3n) is 5.47. The molecule has 0 spiro atoms. The number of carbonyl (C=O) groups is 2. The molecule has 2 heterocycles. The molecule has 3 atom stereocenters. The van der Waals surface area contributed by atoms with Crippen LogP contribution in [0.4, 0.5) is 20.6 Å². The van der Waals surface area contributed by atoms with Crippen LogP contribution in [0.15, 0.2) is 18.2 Å². The number of halogens is 1. The van der Waals surface area contributed by atoms with Gasteiger partial charge in [-0.05, 0) is 36.5 Å². The van der Waals surface area contributed by atoms with E-state index < -0.39 is 12.2 Å². The number of piperidine rings is 1. The molecule has 0 bridgehead atoms. The Morgan fingerprint density at radius 1 is 1.43 bits per heavy atom. The third-order valence-corrected chi connectivity index (χ3v) is 5.47. The van der Waals surface area contributed by atoms with Gasteiger partial charge in [-0.2, -0.15) is 5.26 Å². The van der Waals surface area contributed by atoms with Crippen molar-refractivity contribution in [3.05, 3.63) is 24.0 Å². The summed E-state index contributed by atoms with van der Waals surface area (Å²) in [6.07, 6.45) is 0.388. The van der Waals surface area contributed by atoms with E-state index in [4.69, 9.17) is 10.00 Å². The van der Waals surface area contributed by atoms with E-state index in [1.165, 1.54) is 17.9 Å². The minimum atomic E-state index is -0.548. The minimum absolute atomic E-state index is 0.197. The number of amides is 2. The zero-order valence-electron chi connectivity index (χ0n) is 16.2. The van der Waals surface area contributed by atoms with Crippen LogP contribution < -0.4 is 15.1 Å². The van der Waals surface area contributed by atoms with Gasteiger partial charge in [0.2, 0.25) is 5.91 Å². The Labute approximate surface area is 164 Å². The molecule has 1 N–H and O–H groups in total. The van der Waals surface area contributed by atoms with E-state index in [1.54, 1.807) is 12.1 Å². The van der Waals surface area contributed by atoms with Gasteiger partial charge in [0.15, 0.2) is 0 Å². The molecule has 3 rings (SSSR count). The second-order valence-electron chi connectivity index (χ2n) is 7.52. The summed E-state index contributed by atoms with van der Waals surface area (Å²) in [6, 6.07) is 6.99.